The van der Waals surface area contributed by atoms with Crippen LogP contribution in [-0.2, 0) is 4.74 Å². The van der Waals surface area contributed by atoms with E-state index < -0.39 is 0 Å². The van der Waals surface area contributed by atoms with E-state index in [0.717, 1.165) is 50.9 Å². The third kappa shape index (κ3) is 3.75. The number of anilines is 1. The van der Waals surface area contributed by atoms with Crippen LogP contribution in [0, 0.1) is 5.92 Å². The maximum Gasteiger partial charge on any atom is 0.257 e. The summed E-state index contributed by atoms with van der Waals surface area (Å²) < 4.78 is 11.7. The summed E-state index contributed by atoms with van der Waals surface area (Å²) >= 11 is 0. The van der Waals surface area contributed by atoms with Crippen LogP contribution >= 0.6 is 0 Å². The van der Waals surface area contributed by atoms with E-state index in [1.165, 1.54) is 38.6 Å². The molecular formula is C19H30N4O2. The molecule has 1 spiro atoms. The summed E-state index contributed by atoms with van der Waals surface area (Å²) in [5.74, 6) is 2.34. The summed E-state index contributed by atoms with van der Waals surface area (Å²) in [6, 6.07) is 0. The summed E-state index contributed by atoms with van der Waals surface area (Å²) in [6.45, 7) is 6.04. The van der Waals surface area contributed by atoms with Gasteiger partial charge in [0.15, 0.2) is 5.82 Å². The smallest absolute Gasteiger partial charge is 0.257 e. The van der Waals surface area contributed by atoms with Gasteiger partial charge in [-0.3, -0.25) is 4.90 Å². The van der Waals surface area contributed by atoms with Gasteiger partial charge < -0.3 is 14.4 Å². The van der Waals surface area contributed by atoms with Gasteiger partial charge in [0.1, 0.15) is 0 Å². The number of aromatic nitrogens is 2. The molecule has 0 aromatic carbocycles. The van der Waals surface area contributed by atoms with Crippen LogP contribution in [0.3, 0.4) is 0 Å². The fourth-order valence-corrected chi connectivity index (χ4v) is 4.77. The van der Waals surface area contributed by atoms with Gasteiger partial charge in [-0.25, -0.2) is 9.97 Å². The summed E-state index contributed by atoms with van der Waals surface area (Å²) in [6.07, 6.45) is 11.5. The summed E-state index contributed by atoms with van der Waals surface area (Å²) in [7, 11) is 1.66. The van der Waals surface area contributed by atoms with Gasteiger partial charge in [0.05, 0.1) is 19.3 Å². The van der Waals surface area contributed by atoms with E-state index in [0.29, 0.717) is 5.88 Å². The molecule has 1 aromatic rings. The van der Waals surface area contributed by atoms with Crippen LogP contribution in [0.15, 0.2) is 12.4 Å². The van der Waals surface area contributed by atoms with Crippen molar-refractivity contribution >= 4 is 5.82 Å². The van der Waals surface area contributed by atoms with Crippen LogP contribution in [0.1, 0.15) is 38.5 Å². The highest BCUT2D eigenvalue weighted by molar-refractivity contribution is 5.49. The minimum atomic E-state index is -0.0601. The van der Waals surface area contributed by atoms with Crippen molar-refractivity contribution in [3.63, 3.8) is 0 Å². The lowest BCUT2D eigenvalue weighted by atomic mass is 9.88. The second-order valence-electron chi connectivity index (χ2n) is 7.83. The van der Waals surface area contributed by atoms with E-state index >= 15 is 0 Å². The lowest BCUT2D eigenvalue weighted by Crippen LogP contribution is -2.54. The Morgan fingerprint density at radius 3 is 2.84 bits per heavy atom. The monoisotopic (exact) mass is 346 g/mol. The van der Waals surface area contributed by atoms with Gasteiger partial charge in [0.25, 0.3) is 5.88 Å². The van der Waals surface area contributed by atoms with Gasteiger partial charge in [0, 0.05) is 45.1 Å². The molecule has 0 bridgehead atoms. The molecule has 1 aromatic heterocycles. The number of morpholine rings is 1. The van der Waals surface area contributed by atoms with Crippen LogP contribution in [0.2, 0.25) is 0 Å². The second-order valence-corrected chi connectivity index (χ2v) is 7.83. The molecule has 0 N–H and O–H groups in total. The molecule has 25 heavy (non-hydrogen) atoms. The summed E-state index contributed by atoms with van der Waals surface area (Å²) in [5.41, 5.74) is -0.0601. The van der Waals surface area contributed by atoms with Crippen LogP contribution in [0.25, 0.3) is 0 Å². The van der Waals surface area contributed by atoms with E-state index in [2.05, 4.69) is 19.8 Å². The van der Waals surface area contributed by atoms with Gasteiger partial charge in [-0.2, -0.15) is 0 Å². The molecule has 4 rings (SSSR count). The molecule has 0 radical (unpaired) electrons. The minimum Gasteiger partial charge on any atom is -0.478 e. The Bertz CT molecular complexity index is 578. The molecule has 3 heterocycles. The lowest BCUT2D eigenvalue weighted by Gasteiger charge is -2.42. The molecule has 1 unspecified atom stereocenters. The zero-order valence-corrected chi connectivity index (χ0v) is 15.3. The van der Waals surface area contributed by atoms with E-state index in [4.69, 9.17) is 9.47 Å². The molecule has 1 atom stereocenters. The number of nitrogens with zero attached hydrogens (tertiary/aromatic N) is 4. The standard InChI is InChI=1S/C19H30N4O2/c1-24-18-17(20-8-9-21-18)23-10-7-19(15-23)14-22(11-12-25-19)13-16-5-3-2-4-6-16/h8-9,16H,2-7,10-15H2,1H3. The van der Waals surface area contributed by atoms with E-state index in [1.54, 1.807) is 19.5 Å². The van der Waals surface area contributed by atoms with Gasteiger partial charge in [0.2, 0.25) is 0 Å². The number of hydrogen-bond donors (Lipinski definition) is 0. The van der Waals surface area contributed by atoms with Crippen molar-refractivity contribution in [1.29, 1.82) is 0 Å². The Kier molecular flexibility index (Phi) is 5.08. The fraction of sp³-hybridized carbons (Fsp3) is 0.789. The highest BCUT2D eigenvalue weighted by Gasteiger charge is 2.44. The average Bonchev–Trinajstić information content (AvgIpc) is 3.05. The van der Waals surface area contributed by atoms with Gasteiger partial charge in [-0.05, 0) is 25.2 Å². The summed E-state index contributed by atoms with van der Waals surface area (Å²) in [5, 5.41) is 0. The topological polar surface area (TPSA) is 50.7 Å². The molecule has 138 valence electrons. The quantitative estimate of drug-likeness (QED) is 0.834. The molecule has 2 aliphatic heterocycles. The molecular weight excluding hydrogens is 316 g/mol. The fourth-order valence-electron chi connectivity index (χ4n) is 4.77. The molecule has 1 saturated carbocycles. The van der Waals surface area contributed by atoms with Gasteiger partial charge in [-0.1, -0.05) is 19.3 Å². The van der Waals surface area contributed by atoms with E-state index in [1.807, 2.05) is 0 Å². The number of rotatable bonds is 4. The van der Waals surface area contributed by atoms with Crippen molar-refractivity contribution in [3.05, 3.63) is 12.4 Å². The Labute approximate surface area is 150 Å². The van der Waals surface area contributed by atoms with Gasteiger partial charge >= 0.3 is 0 Å². The lowest BCUT2D eigenvalue weighted by molar-refractivity contribution is -0.0988. The highest BCUT2D eigenvalue weighted by atomic mass is 16.5. The Morgan fingerprint density at radius 2 is 2.00 bits per heavy atom. The average molecular weight is 346 g/mol. The third-order valence-corrected chi connectivity index (χ3v) is 6.02. The van der Waals surface area contributed by atoms with Crippen molar-refractivity contribution in [2.75, 3.05) is 51.3 Å². The SMILES string of the molecule is COc1nccnc1N1CCC2(CN(CC3CCCCC3)CCO2)C1. The predicted octanol–water partition coefficient (Wildman–Crippen LogP) is 2.35. The zero-order valence-electron chi connectivity index (χ0n) is 15.3. The number of methoxy groups -OCH3 is 1. The minimum absolute atomic E-state index is 0.0601. The van der Waals surface area contributed by atoms with Crippen LogP contribution in [-0.4, -0.2) is 66.9 Å². The first kappa shape index (κ1) is 17.0. The first-order valence-electron chi connectivity index (χ1n) is 9.74. The molecule has 6 nitrogen and oxygen atoms in total. The first-order chi connectivity index (χ1) is 12.3. The van der Waals surface area contributed by atoms with Crippen molar-refractivity contribution in [3.8, 4) is 5.88 Å². The Balaban J connectivity index is 1.40. The Hall–Kier alpha value is -1.40. The third-order valence-electron chi connectivity index (χ3n) is 6.02. The molecule has 3 fully saturated rings. The van der Waals surface area contributed by atoms with Crippen molar-refractivity contribution in [2.24, 2.45) is 5.92 Å². The predicted molar refractivity (Wildman–Crippen MR) is 97.1 cm³/mol. The Morgan fingerprint density at radius 1 is 1.16 bits per heavy atom. The molecule has 2 saturated heterocycles. The van der Waals surface area contributed by atoms with Crippen molar-refractivity contribution < 1.29 is 9.47 Å². The van der Waals surface area contributed by atoms with Crippen LogP contribution in [0.5, 0.6) is 5.88 Å². The maximum absolute atomic E-state index is 6.30. The number of ether oxygens (including phenoxy) is 2. The maximum atomic E-state index is 6.30. The largest absolute Gasteiger partial charge is 0.478 e. The van der Waals surface area contributed by atoms with E-state index in [9.17, 15) is 0 Å². The molecule has 1 aliphatic carbocycles. The molecule has 0 amide bonds. The van der Waals surface area contributed by atoms with Crippen molar-refractivity contribution in [1.82, 2.24) is 14.9 Å². The molecule has 6 heteroatoms. The van der Waals surface area contributed by atoms with Crippen molar-refractivity contribution in [2.45, 2.75) is 44.1 Å². The van der Waals surface area contributed by atoms with Gasteiger partial charge in [-0.15, -0.1) is 0 Å². The highest BCUT2D eigenvalue weighted by Crippen LogP contribution is 2.35. The first-order valence-corrected chi connectivity index (χ1v) is 9.74. The van der Waals surface area contributed by atoms with Crippen LogP contribution < -0.4 is 9.64 Å². The second kappa shape index (κ2) is 7.46. The van der Waals surface area contributed by atoms with E-state index in [-0.39, 0.29) is 5.60 Å². The normalized spacial score (nSPS) is 28.6. The number of hydrogen-bond acceptors (Lipinski definition) is 6. The molecule has 3 aliphatic rings. The van der Waals surface area contributed by atoms with Crippen LogP contribution in [0.4, 0.5) is 5.82 Å². The summed E-state index contributed by atoms with van der Waals surface area (Å²) in [4.78, 5) is 13.7. The zero-order chi connectivity index (χ0) is 17.1.